The molecule has 0 aromatic heterocycles. The zero-order chi connectivity index (χ0) is 18.0. The first-order valence-corrected chi connectivity index (χ1v) is 8.53. The number of carbonyl (C=O) groups excluding carboxylic acids is 1. The van der Waals surface area contributed by atoms with E-state index in [1.165, 1.54) is 0 Å². The molecule has 130 valence electrons. The normalized spacial score (nSPS) is 17.4. The van der Waals surface area contributed by atoms with Crippen LogP contribution in [0.25, 0.3) is 10.8 Å². The molecule has 1 amide bonds. The van der Waals surface area contributed by atoms with E-state index >= 15 is 0 Å². The predicted molar refractivity (Wildman–Crippen MR) is 98.7 cm³/mol. The number of nitriles is 1. The fourth-order valence-corrected chi connectivity index (χ4v) is 3.19. The smallest absolute Gasteiger partial charge is 0.407 e. The minimum Gasteiger partial charge on any atom is -0.444 e. The molecule has 1 saturated heterocycles. The number of alkyl carbamates (subject to hydrolysis) is 1. The van der Waals surface area contributed by atoms with Gasteiger partial charge >= 0.3 is 6.09 Å². The summed E-state index contributed by atoms with van der Waals surface area (Å²) in [5.74, 6) is 0. The third kappa shape index (κ3) is 3.85. The lowest BCUT2D eigenvalue weighted by Crippen LogP contribution is -2.42. The fraction of sp³-hybridized carbons (Fsp3) is 0.400. The standard InChI is InChI=1S/C20H23N3O2/c1-20(2,3)22-19(24)25-15-10-11-23(13-15)18-9-8-14(12-21)16-6-4-5-7-17(16)18/h4-9,15H,10-11,13H2,1-3H3,(H,22,24). The van der Waals surface area contributed by atoms with E-state index in [1.807, 2.05) is 57.2 Å². The highest BCUT2D eigenvalue weighted by Crippen LogP contribution is 2.32. The van der Waals surface area contributed by atoms with E-state index in [1.54, 1.807) is 0 Å². The van der Waals surface area contributed by atoms with Crippen LogP contribution in [-0.2, 0) is 4.74 Å². The van der Waals surface area contributed by atoms with E-state index in [0.717, 1.165) is 29.4 Å². The van der Waals surface area contributed by atoms with Crippen molar-refractivity contribution in [2.75, 3.05) is 18.0 Å². The molecule has 0 radical (unpaired) electrons. The summed E-state index contributed by atoms with van der Waals surface area (Å²) in [5, 5.41) is 14.1. The Bertz CT molecular complexity index is 833. The molecule has 5 nitrogen and oxygen atoms in total. The van der Waals surface area contributed by atoms with Crippen LogP contribution in [0, 0.1) is 11.3 Å². The lowest BCUT2D eigenvalue weighted by atomic mass is 10.0. The van der Waals surface area contributed by atoms with Gasteiger partial charge in [-0.15, -0.1) is 0 Å². The molecule has 25 heavy (non-hydrogen) atoms. The van der Waals surface area contributed by atoms with Crippen molar-refractivity contribution < 1.29 is 9.53 Å². The number of nitrogens with zero attached hydrogens (tertiary/aromatic N) is 2. The van der Waals surface area contributed by atoms with Crippen molar-refractivity contribution in [1.82, 2.24) is 5.32 Å². The van der Waals surface area contributed by atoms with Gasteiger partial charge in [0.1, 0.15) is 6.10 Å². The van der Waals surface area contributed by atoms with Gasteiger partial charge in [0, 0.05) is 35.0 Å². The maximum atomic E-state index is 12.0. The Morgan fingerprint density at radius 3 is 2.64 bits per heavy atom. The molecule has 1 N–H and O–H groups in total. The predicted octanol–water partition coefficient (Wildman–Crippen LogP) is 3.81. The van der Waals surface area contributed by atoms with Crippen molar-refractivity contribution in [1.29, 1.82) is 5.26 Å². The van der Waals surface area contributed by atoms with Gasteiger partial charge in [0.25, 0.3) is 0 Å². The number of fused-ring (bicyclic) bond motifs is 1. The summed E-state index contributed by atoms with van der Waals surface area (Å²) in [5.41, 5.74) is 1.45. The summed E-state index contributed by atoms with van der Waals surface area (Å²) in [6.45, 7) is 7.27. The first-order valence-electron chi connectivity index (χ1n) is 8.53. The van der Waals surface area contributed by atoms with Crippen LogP contribution in [0.5, 0.6) is 0 Å². The molecule has 1 atom stereocenters. The average Bonchev–Trinajstić information content (AvgIpc) is 3.00. The molecule has 1 fully saturated rings. The SMILES string of the molecule is CC(C)(C)NC(=O)OC1CCN(c2ccc(C#N)c3ccccc23)C1. The van der Waals surface area contributed by atoms with Crippen molar-refractivity contribution in [2.24, 2.45) is 0 Å². The van der Waals surface area contributed by atoms with Gasteiger partial charge in [0.15, 0.2) is 0 Å². The second-order valence-electron chi connectivity index (χ2n) is 7.43. The highest BCUT2D eigenvalue weighted by atomic mass is 16.6. The Morgan fingerprint density at radius 1 is 1.24 bits per heavy atom. The van der Waals surface area contributed by atoms with Crippen LogP contribution in [0.2, 0.25) is 0 Å². The molecule has 2 aromatic carbocycles. The van der Waals surface area contributed by atoms with Crippen molar-refractivity contribution in [3.05, 3.63) is 42.0 Å². The second-order valence-corrected chi connectivity index (χ2v) is 7.43. The lowest BCUT2D eigenvalue weighted by Gasteiger charge is -2.23. The average molecular weight is 337 g/mol. The molecule has 1 aliphatic heterocycles. The Balaban J connectivity index is 1.76. The van der Waals surface area contributed by atoms with E-state index in [2.05, 4.69) is 16.3 Å². The van der Waals surface area contributed by atoms with Crippen LogP contribution >= 0.6 is 0 Å². The largest absolute Gasteiger partial charge is 0.444 e. The van der Waals surface area contributed by atoms with Crippen molar-refractivity contribution in [2.45, 2.75) is 38.8 Å². The molecule has 0 saturated carbocycles. The van der Waals surface area contributed by atoms with Gasteiger partial charge in [-0.1, -0.05) is 24.3 Å². The van der Waals surface area contributed by atoms with E-state index in [0.29, 0.717) is 12.1 Å². The third-order valence-electron chi connectivity index (χ3n) is 4.26. The lowest BCUT2D eigenvalue weighted by molar-refractivity contribution is 0.101. The first kappa shape index (κ1) is 17.1. The molecular weight excluding hydrogens is 314 g/mol. The quantitative estimate of drug-likeness (QED) is 0.905. The molecule has 1 aliphatic rings. The number of ether oxygens (including phenoxy) is 1. The zero-order valence-corrected chi connectivity index (χ0v) is 14.9. The molecule has 5 heteroatoms. The molecule has 0 spiro atoms. The number of hydrogen-bond acceptors (Lipinski definition) is 4. The highest BCUT2D eigenvalue weighted by molar-refractivity contribution is 5.98. The number of anilines is 1. The van der Waals surface area contributed by atoms with E-state index in [9.17, 15) is 10.1 Å². The van der Waals surface area contributed by atoms with Gasteiger partial charge in [0.2, 0.25) is 0 Å². The number of amides is 1. The number of rotatable bonds is 2. The Hall–Kier alpha value is -2.74. The van der Waals surface area contributed by atoms with Crippen LogP contribution < -0.4 is 10.2 Å². The van der Waals surface area contributed by atoms with Gasteiger partial charge in [-0.25, -0.2) is 4.79 Å². The second kappa shape index (κ2) is 6.64. The topological polar surface area (TPSA) is 65.4 Å². The molecule has 3 rings (SSSR count). The minimum absolute atomic E-state index is 0.128. The summed E-state index contributed by atoms with van der Waals surface area (Å²) in [6, 6.07) is 14.0. The highest BCUT2D eigenvalue weighted by Gasteiger charge is 2.28. The molecule has 2 aromatic rings. The summed E-state index contributed by atoms with van der Waals surface area (Å²) in [6.07, 6.45) is 0.298. The van der Waals surface area contributed by atoms with Crippen LogP contribution in [0.1, 0.15) is 32.8 Å². The Labute approximate surface area is 148 Å². The van der Waals surface area contributed by atoms with Crippen molar-refractivity contribution in [3.63, 3.8) is 0 Å². The van der Waals surface area contributed by atoms with Crippen molar-refractivity contribution in [3.8, 4) is 6.07 Å². The Morgan fingerprint density at radius 2 is 1.96 bits per heavy atom. The summed E-state index contributed by atoms with van der Waals surface area (Å²) < 4.78 is 5.55. The maximum absolute atomic E-state index is 12.0. The van der Waals surface area contributed by atoms with Crippen LogP contribution in [0.15, 0.2) is 36.4 Å². The van der Waals surface area contributed by atoms with E-state index in [-0.39, 0.29) is 17.7 Å². The van der Waals surface area contributed by atoms with Crippen LogP contribution in [0.3, 0.4) is 0 Å². The zero-order valence-electron chi connectivity index (χ0n) is 14.9. The van der Waals surface area contributed by atoms with Gasteiger partial charge in [-0.2, -0.15) is 5.26 Å². The van der Waals surface area contributed by atoms with Gasteiger partial charge in [-0.3, -0.25) is 0 Å². The molecule has 0 aliphatic carbocycles. The van der Waals surface area contributed by atoms with Crippen molar-refractivity contribution >= 4 is 22.6 Å². The van der Waals surface area contributed by atoms with Crippen LogP contribution in [0.4, 0.5) is 10.5 Å². The van der Waals surface area contributed by atoms with E-state index < -0.39 is 0 Å². The summed E-state index contributed by atoms with van der Waals surface area (Å²) >= 11 is 0. The molecule has 1 heterocycles. The molecule has 1 unspecified atom stereocenters. The monoisotopic (exact) mass is 337 g/mol. The first-order chi connectivity index (χ1) is 11.9. The van der Waals surface area contributed by atoms with Gasteiger partial charge < -0.3 is 15.0 Å². The summed E-state index contributed by atoms with van der Waals surface area (Å²) in [7, 11) is 0. The molecular formula is C20H23N3O2. The Kier molecular flexibility index (Phi) is 4.54. The number of benzene rings is 2. The van der Waals surface area contributed by atoms with E-state index in [4.69, 9.17) is 4.74 Å². The number of nitrogens with one attached hydrogen (secondary N) is 1. The third-order valence-corrected chi connectivity index (χ3v) is 4.26. The number of hydrogen-bond donors (Lipinski definition) is 1. The molecule has 0 bridgehead atoms. The minimum atomic E-state index is -0.371. The number of carbonyl (C=O) groups is 1. The van der Waals surface area contributed by atoms with Gasteiger partial charge in [0.05, 0.1) is 18.2 Å². The van der Waals surface area contributed by atoms with Crippen LogP contribution in [-0.4, -0.2) is 30.8 Å². The van der Waals surface area contributed by atoms with Gasteiger partial charge in [-0.05, 0) is 32.9 Å². The maximum Gasteiger partial charge on any atom is 0.407 e. The summed E-state index contributed by atoms with van der Waals surface area (Å²) in [4.78, 5) is 14.2. The fourth-order valence-electron chi connectivity index (χ4n) is 3.19.